The molecular formula is C63H108N6O12S6. The van der Waals surface area contributed by atoms with Crippen molar-refractivity contribution in [2.24, 2.45) is 0 Å². The molecule has 0 unspecified atom stereocenters. The zero-order chi connectivity index (χ0) is 63.3. The van der Waals surface area contributed by atoms with Crippen molar-refractivity contribution in [2.45, 2.75) is 156 Å². The second-order valence-corrected chi connectivity index (χ2v) is 32.3. The van der Waals surface area contributed by atoms with E-state index >= 15 is 0 Å². The molecule has 3 heterocycles. The summed E-state index contributed by atoms with van der Waals surface area (Å²) in [4.78, 5) is 92.3. The van der Waals surface area contributed by atoms with E-state index in [-0.39, 0.29) is 55.8 Å². The molecule has 18 nitrogen and oxygen atoms in total. The third kappa shape index (κ3) is 36.0. The number of hydrogen-bond acceptors (Lipinski definition) is 18. The Morgan fingerprint density at radius 3 is 0.621 bits per heavy atom. The molecule has 498 valence electrons. The molecule has 3 fully saturated rings. The fourth-order valence-corrected chi connectivity index (χ4v) is 14.6. The molecule has 4 rings (SSSR count). The fraction of sp³-hybridized carbons (Fsp3) is 0.810. The summed E-state index contributed by atoms with van der Waals surface area (Å²) >= 11 is 11.0. The van der Waals surface area contributed by atoms with E-state index in [0.717, 1.165) is 146 Å². The summed E-state index contributed by atoms with van der Waals surface area (Å²) in [5.41, 5.74) is -1.63. The molecule has 3 saturated heterocycles. The highest BCUT2D eigenvalue weighted by molar-refractivity contribution is 8.00. The number of hydrogen-bond donors (Lipinski definition) is 0. The van der Waals surface area contributed by atoms with Crippen molar-refractivity contribution in [2.75, 3.05) is 167 Å². The molecule has 0 atom stereocenters. The van der Waals surface area contributed by atoms with Gasteiger partial charge in [0.1, 0.15) is 34.1 Å². The van der Waals surface area contributed by atoms with Crippen LogP contribution in [-0.2, 0) is 28.6 Å². The van der Waals surface area contributed by atoms with E-state index in [4.69, 9.17) is 28.4 Å². The zero-order valence-corrected chi connectivity index (χ0v) is 59.2. The van der Waals surface area contributed by atoms with E-state index in [1.54, 1.807) is 18.2 Å². The van der Waals surface area contributed by atoms with Crippen molar-refractivity contribution in [1.82, 2.24) is 29.4 Å². The third-order valence-corrected chi connectivity index (χ3v) is 20.5. The Kier molecular flexibility index (Phi) is 37.7. The molecule has 6 amide bonds. The number of thioether (sulfide) groups is 6. The summed E-state index contributed by atoms with van der Waals surface area (Å²) in [5, 5.41) is 0. The first-order valence-electron chi connectivity index (χ1n) is 31.8. The van der Waals surface area contributed by atoms with E-state index in [1.807, 2.05) is 162 Å². The van der Waals surface area contributed by atoms with Crippen LogP contribution in [0.1, 0.15) is 139 Å². The lowest BCUT2D eigenvalue weighted by molar-refractivity contribution is -0.134. The minimum Gasteiger partial charge on any atom is -0.483 e. The maximum atomic E-state index is 14.1. The molecule has 0 bridgehead atoms. The van der Waals surface area contributed by atoms with E-state index < -0.39 is 16.8 Å². The third-order valence-electron chi connectivity index (χ3n) is 13.6. The van der Waals surface area contributed by atoms with Crippen LogP contribution in [0.5, 0.6) is 17.2 Å². The molecule has 0 saturated carbocycles. The minimum absolute atomic E-state index is 0.128. The van der Waals surface area contributed by atoms with Gasteiger partial charge in [-0.3, -0.25) is 14.4 Å². The van der Waals surface area contributed by atoms with Crippen LogP contribution in [0.4, 0.5) is 14.4 Å². The largest absolute Gasteiger partial charge is 0.483 e. The summed E-state index contributed by atoms with van der Waals surface area (Å²) in [7, 11) is 0. The van der Waals surface area contributed by atoms with Gasteiger partial charge in [0.05, 0.1) is 0 Å². The van der Waals surface area contributed by atoms with Gasteiger partial charge in [-0.25, -0.2) is 14.4 Å². The molecule has 1 aromatic carbocycles. The van der Waals surface area contributed by atoms with E-state index in [9.17, 15) is 28.8 Å². The van der Waals surface area contributed by atoms with Gasteiger partial charge >= 0.3 is 18.3 Å². The number of nitrogens with zero attached hydrogens (tertiary/aromatic N) is 6. The first-order valence-corrected chi connectivity index (χ1v) is 38.7. The molecular weight excluding hydrogens is 1230 g/mol. The number of rotatable bonds is 9. The van der Waals surface area contributed by atoms with Crippen molar-refractivity contribution < 1.29 is 57.2 Å². The van der Waals surface area contributed by atoms with Gasteiger partial charge < -0.3 is 57.8 Å². The molecule has 0 N–H and O–H groups in total. The number of benzene rings is 1. The monoisotopic (exact) mass is 1330 g/mol. The highest BCUT2D eigenvalue weighted by atomic mass is 32.2. The Morgan fingerprint density at radius 1 is 0.299 bits per heavy atom. The van der Waals surface area contributed by atoms with Crippen molar-refractivity contribution in [3.63, 3.8) is 0 Å². The van der Waals surface area contributed by atoms with Gasteiger partial charge in [0.25, 0.3) is 17.7 Å². The first-order chi connectivity index (χ1) is 41.5. The smallest absolute Gasteiger partial charge is 0.410 e. The minimum atomic E-state index is -0.542. The number of carbonyl (C=O) groups is 6. The van der Waals surface area contributed by atoms with Crippen LogP contribution in [0.15, 0.2) is 18.2 Å². The second-order valence-electron chi connectivity index (χ2n) is 25.0. The van der Waals surface area contributed by atoms with Gasteiger partial charge in [0.15, 0.2) is 19.8 Å². The molecule has 0 aliphatic carbocycles. The average molecular weight is 1330 g/mol. The molecule has 3 aliphatic rings. The Morgan fingerprint density at radius 2 is 0.460 bits per heavy atom. The predicted octanol–water partition coefficient (Wildman–Crippen LogP) is 12.1. The van der Waals surface area contributed by atoms with Gasteiger partial charge in [-0.2, -0.15) is 70.6 Å². The standard InChI is InChI=1S/C63H108N6O12S6/c1-61(2,3)79-58(73)67-28-16-40-82-34-10-22-64(23-11-35-83-41-17-29-67)55(70)49-76-52-46-53(77-50-56(71)65-24-12-36-84-42-18-30-68(59(74)80-62(4,5)6)31-19-43-85-37-13-25-65)48-54(47-52)78-51-57(72)66-26-14-38-86-44-20-32-69(60(75)81-63(7,8)9)33-21-45-87-39-15-27-66/h46-48H,10-45,49-51H2,1-9H3. The molecule has 0 radical (unpaired) electrons. The maximum absolute atomic E-state index is 14.1. The van der Waals surface area contributed by atoms with Crippen LogP contribution < -0.4 is 14.2 Å². The Balaban J connectivity index is 1.43. The van der Waals surface area contributed by atoms with Gasteiger partial charge in [-0.15, -0.1) is 0 Å². The first kappa shape index (κ1) is 76.4. The number of carbonyl (C=O) groups excluding carboxylic acids is 6. The lowest BCUT2D eigenvalue weighted by atomic mass is 10.2. The summed E-state index contributed by atoms with van der Waals surface area (Å²) in [6.45, 7) is 23.9. The van der Waals surface area contributed by atoms with Gasteiger partial charge in [0.2, 0.25) is 0 Å². The normalized spacial score (nSPS) is 19.3. The maximum Gasteiger partial charge on any atom is 0.410 e. The van der Waals surface area contributed by atoms with Crippen molar-refractivity contribution in [3.8, 4) is 17.2 Å². The van der Waals surface area contributed by atoms with Crippen LogP contribution in [-0.4, -0.2) is 250 Å². The quantitative estimate of drug-likeness (QED) is 0.213. The Labute approximate surface area is 548 Å². The van der Waals surface area contributed by atoms with Gasteiger partial charge in [-0.05, 0) is 208 Å². The van der Waals surface area contributed by atoms with E-state index in [1.165, 1.54) is 0 Å². The van der Waals surface area contributed by atoms with E-state index in [0.29, 0.717) is 95.8 Å². The highest BCUT2D eigenvalue weighted by Gasteiger charge is 2.26. The van der Waals surface area contributed by atoms with Crippen molar-refractivity contribution >= 4 is 107 Å². The Bertz CT molecular complexity index is 1870. The second kappa shape index (κ2) is 42.9. The average Bonchev–Trinajstić information content (AvgIpc) is 3.62. The number of amides is 6. The van der Waals surface area contributed by atoms with Gasteiger partial charge in [0, 0.05) is 96.7 Å². The van der Waals surface area contributed by atoms with Crippen LogP contribution in [0.3, 0.4) is 0 Å². The van der Waals surface area contributed by atoms with Crippen LogP contribution in [0.2, 0.25) is 0 Å². The SMILES string of the molecule is CC(C)(C)OC(=O)N1CCCSCCCN(C(=O)COc2cc(OCC(=O)N3CCCSCCCN(C(=O)OC(C)(C)C)CCCSCCC3)cc(OCC(=O)N3CCCSCCCN(C(=O)OC(C)(C)C)CCCSCCC3)c2)CCCSCCC1. The Hall–Kier alpha value is -3.06. The zero-order valence-electron chi connectivity index (χ0n) is 54.3. The highest BCUT2D eigenvalue weighted by Crippen LogP contribution is 2.29. The molecule has 24 heteroatoms. The summed E-state index contributed by atoms with van der Waals surface area (Å²) in [6, 6.07) is 5.05. The topological polar surface area (TPSA) is 177 Å². The van der Waals surface area contributed by atoms with Crippen LogP contribution in [0, 0.1) is 0 Å². The lowest BCUT2D eigenvalue weighted by Crippen LogP contribution is -2.38. The van der Waals surface area contributed by atoms with E-state index in [2.05, 4.69) is 0 Å². The molecule has 87 heavy (non-hydrogen) atoms. The molecule has 0 spiro atoms. The van der Waals surface area contributed by atoms with Crippen molar-refractivity contribution in [1.29, 1.82) is 0 Å². The summed E-state index contributed by atoms with van der Waals surface area (Å²) < 4.78 is 36.0. The fourth-order valence-electron chi connectivity index (χ4n) is 9.35. The summed E-state index contributed by atoms with van der Waals surface area (Å²) in [5.74, 6) is 11.3. The molecule has 3 aliphatic heterocycles. The lowest BCUT2D eigenvalue weighted by Gasteiger charge is -2.27. The molecule has 1 aromatic rings. The van der Waals surface area contributed by atoms with Crippen LogP contribution >= 0.6 is 70.6 Å². The predicted molar refractivity (Wildman–Crippen MR) is 365 cm³/mol. The number of ether oxygens (including phenoxy) is 6. The van der Waals surface area contributed by atoms with Crippen LogP contribution in [0.25, 0.3) is 0 Å². The van der Waals surface area contributed by atoms with Crippen molar-refractivity contribution in [3.05, 3.63) is 18.2 Å². The molecule has 0 aromatic heterocycles. The summed E-state index contributed by atoms with van der Waals surface area (Å²) in [6.07, 6.45) is 9.32. The van der Waals surface area contributed by atoms with Gasteiger partial charge in [-0.1, -0.05) is 0 Å².